The Morgan fingerprint density at radius 3 is 2.53 bits per heavy atom. The van der Waals surface area contributed by atoms with E-state index in [9.17, 15) is 31.9 Å². The van der Waals surface area contributed by atoms with Gasteiger partial charge in [0, 0.05) is 30.8 Å². The lowest BCUT2D eigenvalue weighted by Gasteiger charge is -2.28. The summed E-state index contributed by atoms with van der Waals surface area (Å²) in [5, 5.41) is 8.74. The number of carbonyl (C=O) groups excluding carboxylic acids is 2. The average Bonchev–Trinajstić information content (AvgIpc) is 3.08. The van der Waals surface area contributed by atoms with E-state index in [1.54, 1.807) is 0 Å². The van der Waals surface area contributed by atoms with Crippen molar-refractivity contribution >= 4 is 40.9 Å². The van der Waals surface area contributed by atoms with E-state index in [1.807, 2.05) is 0 Å². The van der Waals surface area contributed by atoms with Crippen LogP contribution in [0, 0.1) is 18.7 Å². The molecule has 3 rings (SSSR count). The van der Waals surface area contributed by atoms with Gasteiger partial charge in [0.25, 0.3) is 0 Å². The summed E-state index contributed by atoms with van der Waals surface area (Å²) in [4.78, 5) is 43.5. The predicted octanol–water partition coefficient (Wildman–Crippen LogP) is 4.45. The van der Waals surface area contributed by atoms with Gasteiger partial charge in [0.1, 0.15) is 17.7 Å². The molecular formula is C22H20ClF4N3O4. The molecule has 0 bridgehead atoms. The Bertz CT molecular complexity index is 1140. The number of likely N-dealkylation sites (N-methyl/N-ethyl adjacent to an activating group) is 1. The molecule has 1 fully saturated rings. The molecule has 0 saturated carbocycles. The number of rotatable bonds is 6. The van der Waals surface area contributed by atoms with Gasteiger partial charge < -0.3 is 10.0 Å². The predicted molar refractivity (Wildman–Crippen MR) is 115 cm³/mol. The Morgan fingerprint density at radius 2 is 1.94 bits per heavy atom. The highest BCUT2D eigenvalue weighted by molar-refractivity contribution is 6.31. The zero-order valence-corrected chi connectivity index (χ0v) is 18.8. The minimum absolute atomic E-state index is 0.0171. The van der Waals surface area contributed by atoms with Crippen molar-refractivity contribution in [3.63, 3.8) is 0 Å². The van der Waals surface area contributed by atoms with Crippen molar-refractivity contribution in [1.29, 1.82) is 0 Å². The number of carbonyl (C=O) groups is 3. The van der Waals surface area contributed by atoms with Crippen LogP contribution >= 0.6 is 11.6 Å². The van der Waals surface area contributed by atoms with E-state index >= 15 is 0 Å². The first-order valence-corrected chi connectivity index (χ1v) is 10.5. The first kappa shape index (κ1) is 25.4. The molecule has 2 heterocycles. The number of carboxylic acid groups (broad SMARTS) is 1. The lowest BCUT2D eigenvalue weighted by Crippen LogP contribution is -2.46. The van der Waals surface area contributed by atoms with Gasteiger partial charge in [0.05, 0.1) is 10.6 Å². The number of hydrogen-bond acceptors (Lipinski definition) is 4. The van der Waals surface area contributed by atoms with E-state index in [2.05, 4.69) is 4.98 Å². The van der Waals surface area contributed by atoms with Crippen molar-refractivity contribution in [1.82, 2.24) is 4.98 Å². The average molecular weight is 502 g/mol. The summed E-state index contributed by atoms with van der Waals surface area (Å²) < 4.78 is 53.7. The second-order valence-corrected chi connectivity index (χ2v) is 8.35. The van der Waals surface area contributed by atoms with Crippen molar-refractivity contribution in [3.05, 3.63) is 52.4 Å². The van der Waals surface area contributed by atoms with Crippen LogP contribution in [0.3, 0.4) is 0 Å². The largest absolute Gasteiger partial charge is 0.481 e. The van der Waals surface area contributed by atoms with Crippen LogP contribution < -0.4 is 9.80 Å². The van der Waals surface area contributed by atoms with Crippen LogP contribution in [0.25, 0.3) is 0 Å². The number of nitrogens with zero attached hydrogens (tertiary/aromatic N) is 3. The van der Waals surface area contributed by atoms with Crippen LogP contribution in [0.1, 0.15) is 30.5 Å². The van der Waals surface area contributed by atoms with E-state index in [0.29, 0.717) is 6.07 Å². The molecule has 2 atom stereocenters. The van der Waals surface area contributed by atoms with Crippen LogP contribution in [0.4, 0.5) is 29.1 Å². The topological polar surface area (TPSA) is 90.8 Å². The van der Waals surface area contributed by atoms with Gasteiger partial charge in [-0.25, -0.2) is 9.37 Å². The monoisotopic (exact) mass is 501 g/mol. The SMILES string of the molecule is Cc1cc(C(F)(F)F)cc(N2C(=O)C(CCC(=O)O)C[C@H]2C(=O)N(C)c2ccc(F)c(Cl)c2)n1. The lowest BCUT2D eigenvalue weighted by atomic mass is 9.99. The number of pyridine rings is 1. The third kappa shape index (κ3) is 5.30. The number of halogens is 5. The Hall–Kier alpha value is -3.21. The summed E-state index contributed by atoms with van der Waals surface area (Å²) in [6.07, 6.45) is -5.29. The molecule has 1 unspecified atom stereocenters. The number of benzene rings is 1. The van der Waals surface area contributed by atoms with Crippen molar-refractivity contribution in [2.45, 2.75) is 38.4 Å². The molecule has 7 nitrogen and oxygen atoms in total. The fourth-order valence-corrected chi connectivity index (χ4v) is 4.01. The Labute approximate surface area is 196 Å². The number of amides is 2. The highest BCUT2D eigenvalue weighted by Gasteiger charge is 2.46. The number of aromatic nitrogens is 1. The molecule has 34 heavy (non-hydrogen) atoms. The molecule has 2 aromatic rings. The van der Waals surface area contributed by atoms with E-state index < -0.39 is 47.3 Å². The van der Waals surface area contributed by atoms with Gasteiger partial charge in [-0.1, -0.05) is 11.6 Å². The molecule has 1 N–H and O–H groups in total. The highest BCUT2D eigenvalue weighted by atomic mass is 35.5. The standard InChI is InChI=1S/C22H20ClF4N3O4/c1-11-7-13(22(25,26)27)9-18(28-11)30-17(8-12(20(30)33)3-6-19(31)32)21(34)29(2)14-4-5-16(24)15(23)10-14/h4-5,7,9-10,12,17H,3,6,8H2,1-2H3,(H,31,32)/t12?,17-/m0/s1. The van der Waals surface area contributed by atoms with Gasteiger partial charge in [-0.05, 0) is 50.1 Å². The second-order valence-electron chi connectivity index (χ2n) is 7.94. The molecule has 1 aliphatic rings. The molecule has 1 aliphatic heterocycles. The number of carboxylic acids is 1. The maximum atomic E-state index is 13.5. The fourth-order valence-electron chi connectivity index (χ4n) is 3.83. The van der Waals surface area contributed by atoms with Crippen molar-refractivity contribution < 1.29 is 37.1 Å². The third-order valence-corrected chi connectivity index (χ3v) is 5.82. The molecule has 1 aromatic heterocycles. The first-order chi connectivity index (χ1) is 15.8. The minimum atomic E-state index is -4.71. The van der Waals surface area contributed by atoms with Crippen molar-refractivity contribution in [2.75, 3.05) is 16.8 Å². The number of aliphatic carboxylic acids is 1. The Balaban J connectivity index is 2.02. The molecule has 2 amide bonds. The van der Waals surface area contributed by atoms with E-state index in [-0.39, 0.29) is 41.5 Å². The molecule has 0 radical (unpaired) electrons. The number of hydrogen-bond donors (Lipinski definition) is 1. The maximum Gasteiger partial charge on any atom is 0.416 e. The summed E-state index contributed by atoms with van der Waals surface area (Å²) in [5.74, 6) is -4.51. The first-order valence-electron chi connectivity index (χ1n) is 10.1. The Morgan fingerprint density at radius 1 is 1.26 bits per heavy atom. The zero-order chi connectivity index (χ0) is 25.4. The summed E-state index contributed by atoms with van der Waals surface area (Å²) >= 11 is 5.79. The van der Waals surface area contributed by atoms with Gasteiger partial charge in [-0.2, -0.15) is 13.2 Å². The third-order valence-electron chi connectivity index (χ3n) is 5.53. The van der Waals surface area contributed by atoms with E-state index in [1.165, 1.54) is 26.1 Å². The normalized spacial score (nSPS) is 18.3. The minimum Gasteiger partial charge on any atom is -0.481 e. The number of alkyl halides is 3. The molecule has 1 saturated heterocycles. The summed E-state index contributed by atoms with van der Waals surface area (Å²) in [6.45, 7) is 1.32. The van der Waals surface area contributed by atoms with Crippen LogP contribution in [0.2, 0.25) is 5.02 Å². The van der Waals surface area contributed by atoms with Crippen LogP contribution in [-0.4, -0.2) is 41.0 Å². The van der Waals surface area contributed by atoms with Gasteiger partial charge in [-0.3, -0.25) is 19.3 Å². The summed E-state index contributed by atoms with van der Waals surface area (Å²) in [5.41, 5.74) is -0.857. The molecule has 182 valence electrons. The van der Waals surface area contributed by atoms with Gasteiger partial charge in [0.2, 0.25) is 11.8 Å². The smallest absolute Gasteiger partial charge is 0.416 e. The zero-order valence-electron chi connectivity index (χ0n) is 18.1. The van der Waals surface area contributed by atoms with Crippen LogP contribution in [-0.2, 0) is 20.6 Å². The maximum absolute atomic E-state index is 13.5. The summed E-state index contributed by atoms with van der Waals surface area (Å²) in [6, 6.07) is 3.77. The lowest BCUT2D eigenvalue weighted by molar-refractivity contribution is -0.138. The van der Waals surface area contributed by atoms with E-state index in [4.69, 9.17) is 16.7 Å². The van der Waals surface area contributed by atoms with Crippen molar-refractivity contribution in [3.8, 4) is 0 Å². The Kier molecular flexibility index (Phi) is 7.15. The van der Waals surface area contributed by atoms with E-state index in [0.717, 1.165) is 21.9 Å². The highest BCUT2D eigenvalue weighted by Crippen LogP contribution is 2.37. The van der Waals surface area contributed by atoms with Gasteiger partial charge in [0.15, 0.2) is 0 Å². The van der Waals surface area contributed by atoms with Crippen LogP contribution in [0.15, 0.2) is 30.3 Å². The summed E-state index contributed by atoms with van der Waals surface area (Å²) in [7, 11) is 1.35. The molecule has 12 heteroatoms. The van der Waals surface area contributed by atoms with Gasteiger partial charge >= 0.3 is 12.1 Å². The molecule has 0 aliphatic carbocycles. The quantitative estimate of drug-likeness (QED) is 0.591. The number of aryl methyl sites for hydroxylation is 1. The van der Waals surface area contributed by atoms with Crippen molar-refractivity contribution in [2.24, 2.45) is 5.92 Å². The second kappa shape index (κ2) is 9.57. The number of anilines is 2. The fraction of sp³-hybridized carbons (Fsp3) is 0.364. The molecular weight excluding hydrogens is 482 g/mol. The molecule has 0 spiro atoms. The molecule has 1 aromatic carbocycles. The van der Waals surface area contributed by atoms with Crippen LogP contribution in [0.5, 0.6) is 0 Å². The van der Waals surface area contributed by atoms with Gasteiger partial charge in [-0.15, -0.1) is 0 Å².